The van der Waals surface area contributed by atoms with Gasteiger partial charge in [0.15, 0.2) is 12.4 Å². The van der Waals surface area contributed by atoms with Gasteiger partial charge in [0, 0.05) is 17.7 Å². The van der Waals surface area contributed by atoms with Gasteiger partial charge in [-0.2, -0.15) is 4.57 Å². The van der Waals surface area contributed by atoms with Gasteiger partial charge in [0.2, 0.25) is 5.70 Å². The number of hydrogen-bond donors (Lipinski definition) is 0. The van der Waals surface area contributed by atoms with Crippen molar-refractivity contribution in [3.8, 4) is 0 Å². The van der Waals surface area contributed by atoms with Gasteiger partial charge in [-0.15, -0.1) is 0 Å². The fourth-order valence-electron chi connectivity index (χ4n) is 2.27. The monoisotopic (exact) mass is 363 g/mol. The molecule has 2 aromatic carbocycles. The van der Waals surface area contributed by atoms with Crippen molar-refractivity contribution in [2.24, 2.45) is 0 Å². The third-order valence-corrected chi connectivity index (χ3v) is 3.54. The third-order valence-electron chi connectivity index (χ3n) is 3.54. The molecule has 0 spiro atoms. The van der Waals surface area contributed by atoms with Gasteiger partial charge >= 0.3 is 0 Å². The molecule has 0 fully saturated rings. The molecule has 1 aromatic heterocycles. The predicted octanol–water partition coefficient (Wildman–Crippen LogP) is 1.67. The number of benzene rings is 2. The summed E-state index contributed by atoms with van der Waals surface area (Å²) in [5.74, 6) is 0. The molecular weight excluding hydrogens is 346 g/mol. The zero-order chi connectivity index (χ0) is 15.2. The molecule has 0 aliphatic carbocycles. The van der Waals surface area contributed by atoms with Gasteiger partial charge in [0.25, 0.3) is 0 Å². The summed E-state index contributed by atoms with van der Waals surface area (Å²) >= 11 is 0. The summed E-state index contributed by atoms with van der Waals surface area (Å²) in [7, 11) is 0. The molecule has 0 amide bonds. The molecule has 0 aliphatic rings. The first-order chi connectivity index (χ1) is 10.8. The van der Waals surface area contributed by atoms with Crippen LogP contribution in [-0.2, 0) is 0 Å². The normalized spacial score (nSPS) is 10.3. The minimum absolute atomic E-state index is 0. The molecule has 0 N–H and O–H groups in total. The topological polar surface area (TPSA) is 3.88 Å². The fraction of sp³-hybridized carbons (Fsp3) is 0. The van der Waals surface area contributed by atoms with E-state index < -0.39 is 0 Å². The number of pyridine rings is 1. The first kappa shape index (κ1) is 16.9. The zero-order valence-corrected chi connectivity index (χ0v) is 14.4. The Balaban J connectivity index is 0.00000192. The lowest BCUT2D eigenvalue weighted by Crippen LogP contribution is -3.00. The molecule has 0 radical (unpaired) electrons. The highest BCUT2D eigenvalue weighted by Gasteiger charge is 2.08. The van der Waals surface area contributed by atoms with E-state index >= 15 is 0 Å². The van der Waals surface area contributed by atoms with E-state index in [1.165, 1.54) is 11.1 Å². The average Bonchev–Trinajstić information content (AvgIpc) is 2.61. The Kier molecular flexibility index (Phi) is 6.07. The largest absolute Gasteiger partial charge is 1.00 e. The Labute approximate surface area is 148 Å². The van der Waals surface area contributed by atoms with E-state index in [9.17, 15) is 0 Å². The van der Waals surface area contributed by atoms with Crippen LogP contribution in [0.3, 0.4) is 0 Å². The maximum Gasteiger partial charge on any atom is 0.210 e. The maximum absolute atomic E-state index is 4.16. The smallest absolute Gasteiger partial charge is 0.210 e. The van der Waals surface area contributed by atoms with Crippen LogP contribution >= 0.6 is 0 Å². The van der Waals surface area contributed by atoms with Crippen LogP contribution in [0.1, 0.15) is 16.7 Å². The summed E-state index contributed by atoms with van der Waals surface area (Å²) in [5, 5.41) is 0. The average molecular weight is 364 g/mol. The van der Waals surface area contributed by atoms with Crippen molar-refractivity contribution < 1.29 is 21.5 Å². The highest BCUT2D eigenvalue weighted by atomic mass is 79.9. The van der Waals surface area contributed by atoms with Gasteiger partial charge in [-0.1, -0.05) is 60.7 Å². The molecule has 0 atom stereocenters. The first-order valence-electron chi connectivity index (χ1n) is 7.32. The molecule has 1 nitrogen and oxygen atoms in total. The van der Waals surface area contributed by atoms with Gasteiger partial charge in [0.1, 0.15) is 0 Å². The number of hydrogen-bond acceptors (Lipinski definition) is 0. The van der Waals surface area contributed by atoms with Gasteiger partial charge in [-0.25, -0.2) is 0 Å². The van der Waals surface area contributed by atoms with E-state index in [0.29, 0.717) is 0 Å². The van der Waals surface area contributed by atoms with Crippen molar-refractivity contribution in [3.63, 3.8) is 0 Å². The quantitative estimate of drug-likeness (QED) is 0.620. The molecule has 2 heteroatoms. The molecular formula is C21H18BrN. The van der Waals surface area contributed by atoms with E-state index in [0.717, 1.165) is 11.3 Å². The number of nitrogens with zero attached hydrogens (tertiary/aromatic N) is 1. The molecule has 114 valence electrons. The SMILES string of the molecule is C=C(c1ccccc1)[n+]1ccc(/C=C/c2ccccc2)cc1.[Br-]. The highest BCUT2D eigenvalue weighted by Crippen LogP contribution is 2.10. The lowest BCUT2D eigenvalue weighted by molar-refractivity contribution is -0.578. The molecule has 0 saturated carbocycles. The van der Waals surface area contributed by atoms with E-state index in [2.05, 4.69) is 55.1 Å². The number of aromatic nitrogens is 1. The van der Waals surface area contributed by atoms with Crippen molar-refractivity contribution in [1.29, 1.82) is 0 Å². The zero-order valence-electron chi connectivity index (χ0n) is 12.8. The summed E-state index contributed by atoms with van der Waals surface area (Å²) < 4.78 is 2.04. The summed E-state index contributed by atoms with van der Waals surface area (Å²) in [6.07, 6.45) is 8.32. The van der Waals surface area contributed by atoms with Crippen LogP contribution in [-0.4, -0.2) is 0 Å². The Hall–Kier alpha value is -2.45. The molecule has 3 aromatic rings. The van der Waals surface area contributed by atoms with Gasteiger partial charge < -0.3 is 17.0 Å². The number of halogens is 1. The van der Waals surface area contributed by atoms with E-state index in [4.69, 9.17) is 0 Å². The molecule has 23 heavy (non-hydrogen) atoms. The van der Waals surface area contributed by atoms with Crippen LogP contribution < -0.4 is 21.5 Å². The lowest BCUT2D eigenvalue weighted by atomic mass is 10.1. The molecule has 3 rings (SSSR count). The summed E-state index contributed by atoms with van der Waals surface area (Å²) in [4.78, 5) is 0. The Morgan fingerprint density at radius 3 is 1.74 bits per heavy atom. The molecule has 0 bridgehead atoms. The van der Waals surface area contributed by atoms with Gasteiger partial charge in [-0.3, -0.25) is 0 Å². The lowest BCUT2D eigenvalue weighted by Gasteiger charge is -2.00. The second kappa shape index (κ2) is 8.25. The van der Waals surface area contributed by atoms with Crippen LogP contribution in [0.15, 0.2) is 91.8 Å². The highest BCUT2D eigenvalue weighted by molar-refractivity contribution is 5.69. The third kappa shape index (κ3) is 4.51. The Bertz CT molecular complexity index is 775. The van der Waals surface area contributed by atoms with Crippen molar-refractivity contribution in [2.45, 2.75) is 0 Å². The maximum atomic E-state index is 4.16. The molecule has 1 heterocycles. The standard InChI is InChI=1S/C21H18N.BrH/c1-18(21-10-6-3-7-11-21)22-16-14-20(15-17-22)13-12-19-8-4-2-5-9-19;/h2-17H,1H2;1H/q+1;/p-1/b13-12+;. The second-order valence-corrected chi connectivity index (χ2v) is 5.10. The van der Waals surface area contributed by atoms with Crippen LogP contribution in [0.4, 0.5) is 0 Å². The second-order valence-electron chi connectivity index (χ2n) is 5.10. The fourth-order valence-corrected chi connectivity index (χ4v) is 2.27. The van der Waals surface area contributed by atoms with Gasteiger partial charge in [-0.05, 0) is 29.8 Å². The van der Waals surface area contributed by atoms with Crippen LogP contribution in [0, 0.1) is 0 Å². The molecule has 0 unspecified atom stereocenters. The Morgan fingerprint density at radius 1 is 0.696 bits per heavy atom. The minimum Gasteiger partial charge on any atom is -1.00 e. The van der Waals surface area contributed by atoms with E-state index in [1.807, 2.05) is 53.4 Å². The Morgan fingerprint density at radius 2 is 1.17 bits per heavy atom. The first-order valence-corrected chi connectivity index (χ1v) is 7.32. The van der Waals surface area contributed by atoms with E-state index in [-0.39, 0.29) is 17.0 Å². The van der Waals surface area contributed by atoms with Crippen molar-refractivity contribution in [3.05, 3.63) is 108 Å². The predicted molar refractivity (Wildman–Crippen MR) is 92.9 cm³/mol. The summed E-state index contributed by atoms with van der Waals surface area (Å²) in [6.45, 7) is 4.16. The molecule has 0 aliphatic heterocycles. The number of rotatable bonds is 4. The van der Waals surface area contributed by atoms with Crippen LogP contribution in [0.25, 0.3) is 17.8 Å². The van der Waals surface area contributed by atoms with Crippen LogP contribution in [0.2, 0.25) is 0 Å². The van der Waals surface area contributed by atoms with Crippen LogP contribution in [0.5, 0.6) is 0 Å². The van der Waals surface area contributed by atoms with E-state index in [1.54, 1.807) is 0 Å². The van der Waals surface area contributed by atoms with Crippen molar-refractivity contribution >= 4 is 17.8 Å². The summed E-state index contributed by atoms with van der Waals surface area (Å²) in [5.41, 5.74) is 4.47. The van der Waals surface area contributed by atoms with Crippen molar-refractivity contribution in [1.82, 2.24) is 0 Å². The molecule has 0 saturated heterocycles. The van der Waals surface area contributed by atoms with Gasteiger partial charge in [0.05, 0.1) is 0 Å². The van der Waals surface area contributed by atoms with Crippen molar-refractivity contribution in [2.75, 3.05) is 0 Å². The summed E-state index contributed by atoms with van der Waals surface area (Å²) in [6, 6.07) is 24.7. The minimum atomic E-state index is 0.